The molecule has 0 bridgehead atoms. The molecule has 0 saturated heterocycles. The van der Waals surface area contributed by atoms with Gasteiger partial charge in [-0.05, 0) is 12.0 Å². The van der Waals surface area contributed by atoms with Gasteiger partial charge in [-0.1, -0.05) is 37.3 Å². The predicted molar refractivity (Wildman–Crippen MR) is 46.6 cm³/mol. The average molecular weight is 168 g/mol. The van der Waals surface area contributed by atoms with E-state index < -0.39 is 12.3 Å². The van der Waals surface area contributed by atoms with E-state index in [2.05, 4.69) is 0 Å². The molecule has 0 aromatic heterocycles. The number of hydrogen-bond acceptors (Lipinski definition) is 1. The van der Waals surface area contributed by atoms with Crippen LogP contribution in [0.5, 0.6) is 0 Å². The fourth-order valence-corrected chi connectivity index (χ4v) is 1.08. The lowest BCUT2D eigenvalue weighted by Crippen LogP contribution is -2.11. The van der Waals surface area contributed by atoms with E-state index >= 15 is 0 Å². The van der Waals surface area contributed by atoms with Gasteiger partial charge >= 0.3 is 0 Å². The molecule has 1 N–H and O–H groups in total. The molecule has 0 amide bonds. The molecule has 1 nitrogen and oxygen atoms in total. The van der Waals surface area contributed by atoms with E-state index in [-0.39, 0.29) is 0 Å². The Balaban J connectivity index is 2.71. The summed E-state index contributed by atoms with van der Waals surface area (Å²) in [5.41, 5.74) is 0.645. The summed E-state index contributed by atoms with van der Waals surface area (Å²) in [6.45, 7) is 1.72. The average Bonchev–Trinajstić information content (AvgIpc) is 2.17. The van der Waals surface area contributed by atoms with E-state index in [1.165, 1.54) is 0 Å². The highest BCUT2D eigenvalue weighted by Gasteiger charge is 2.17. The Bertz CT molecular complexity index is 223. The number of alkyl halides is 1. The van der Waals surface area contributed by atoms with Gasteiger partial charge in [0.2, 0.25) is 0 Å². The SMILES string of the molecule is CCC(F)C(O)c1ccccc1. The van der Waals surface area contributed by atoms with Gasteiger partial charge in [0.25, 0.3) is 0 Å². The molecular weight excluding hydrogens is 155 g/mol. The summed E-state index contributed by atoms with van der Waals surface area (Å²) in [4.78, 5) is 0. The molecule has 2 unspecified atom stereocenters. The van der Waals surface area contributed by atoms with Crippen LogP contribution in [-0.2, 0) is 0 Å². The lowest BCUT2D eigenvalue weighted by Gasteiger charge is -2.13. The number of aliphatic hydroxyl groups is 1. The fraction of sp³-hybridized carbons (Fsp3) is 0.400. The Kier molecular flexibility index (Phi) is 3.23. The molecule has 0 aliphatic rings. The van der Waals surface area contributed by atoms with Gasteiger partial charge in [0, 0.05) is 0 Å². The minimum absolute atomic E-state index is 0.343. The van der Waals surface area contributed by atoms with Crippen molar-refractivity contribution in [2.45, 2.75) is 25.6 Å². The molecule has 66 valence electrons. The van der Waals surface area contributed by atoms with Crippen LogP contribution < -0.4 is 0 Å². The normalized spacial score (nSPS) is 15.6. The first kappa shape index (κ1) is 9.20. The van der Waals surface area contributed by atoms with Crippen LogP contribution in [-0.4, -0.2) is 11.3 Å². The van der Waals surface area contributed by atoms with Crippen LogP contribution in [0.1, 0.15) is 25.0 Å². The third kappa shape index (κ3) is 2.05. The van der Waals surface area contributed by atoms with Crippen molar-refractivity contribution in [2.75, 3.05) is 0 Å². The van der Waals surface area contributed by atoms with Crippen LogP contribution in [0, 0.1) is 0 Å². The fourth-order valence-electron chi connectivity index (χ4n) is 1.08. The molecule has 0 fully saturated rings. The second-order valence-electron chi connectivity index (χ2n) is 2.78. The molecule has 1 aromatic carbocycles. The quantitative estimate of drug-likeness (QED) is 0.735. The Morgan fingerprint density at radius 3 is 2.42 bits per heavy atom. The van der Waals surface area contributed by atoms with Crippen LogP contribution in [0.2, 0.25) is 0 Å². The van der Waals surface area contributed by atoms with Gasteiger partial charge in [-0.25, -0.2) is 4.39 Å². The minimum atomic E-state index is -1.16. The molecule has 0 spiro atoms. The van der Waals surface area contributed by atoms with Gasteiger partial charge in [-0.3, -0.25) is 0 Å². The van der Waals surface area contributed by atoms with E-state index in [1.807, 2.05) is 6.07 Å². The third-order valence-corrected chi connectivity index (χ3v) is 1.87. The first-order valence-corrected chi connectivity index (χ1v) is 4.12. The van der Waals surface area contributed by atoms with Gasteiger partial charge in [-0.2, -0.15) is 0 Å². The topological polar surface area (TPSA) is 20.2 Å². The molecule has 1 aromatic rings. The summed E-state index contributed by atoms with van der Waals surface area (Å²) in [7, 11) is 0. The Morgan fingerprint density at radius 2 is 1.92 bits per heavy atom. The van der Waals surface area contributed by atoms with E-state index in [0.29, 0.717) is 12.0 Å². The zero-order valence-electron chi connectivity index (χ0n) is 7.07. The van der Waals surface area contributed by atoms with Crippen molar-refractivity contribution in [3.63, 3.8) is 0 Å². The molecule has 0 aliphatic heterocycles. The van der Waals surface area contributed by atoms with Crippen molar-refractivity contribution in [3.8, 4) is 0 Å². The first-order valence-electron chi connectivity index (χ1n) is 4.12. The summed E-state index contributed by atoms with van der Waals surface area (Å²) in [6, 6.07) is 8.89. The molecule has 0 heterocycles. The molecule has 0 saturated carbocycles. The maximum Gasteiger partial charge on any atom is 0.130 e. The third-order valence-electron chi connectivity index (χ3n) is 1.87. The summed E-state index contributed by atoms with van der Waals surface area (Å²) in [5, 5.41) is 9.41. The molecule has 2 atom stereocenters. The molecule has 0 aliphatic carbocycles. The Morgan fingerprint density at radius 1 is 1.33 bits per heavy atom. The predicted octanol–water partition coefficient (Wildman–Crippen LogP) is 2.47. The second kappa shape index (κ2) is 4.21. The number of aliphatic hydroxyl groups excluding tert-OH is 1. The smallest absolute Gasteiger partial charge is 0.130 e. The molecule has 12 heavy (non-hydrogen) atoms. The Hall–Kier alpha value is -0.890. The molecular formula is C10H13FO. The highest BCUT2D eigenvalue weighted by molar-refractivity contribution is 5.18. The van der Waals surface area contributed by atoms with Crippen LogP contribution in [0.3, 0.4) is 0 Å². The van der Waals surface area contributed by atoms with Crippen molar-refractivity contribution in [2.24, 2.45) is 0 Å². The standard InChI is InChI=1S/C10H13FO/c1-2-9(11)10(12)8-6-4-3-5-7-8/h3-7,9-10,12H,2H2,1H3. The van der Waals surface area contributed by atoms with Gasteiger partial charge in [0.15, 0.2) is 0 Å². The van der Waals surface area contributed by atoms with E-state index in [9.17, 15) is 9.50 Å². The number of rotatable bonds is 3. The minimum Gasteiger partial charge on any atom is -0.385 e. The largest absolute Gasteiger partial charge is 0.385 e. The molecule has 1 rings (SSSR count). The summed E-state index contributed by atoms with van der Waals surface area (Å²) in [5.74, 6) is 0. The van der Waals surface area contributed by atoms with Crippen LogP contribution in [0.4, 0.5) is 4.39 Å². The number of halogens is 1. The van der Waals surface area contributed by atoms with Crippen molar-refractivity contribution in [1.82, 2.24) is 0 Å². The van der Waals surface area contributed by atoms with Gasteiger partial charge < -0.3 is 5.11 Å². The van der Waals surface area contributed by atoms with Crippen molar-refractivity contribution < 1.29 is 9.50 Å². The van der Waals surface area contributed by atoms with Gasteiger partial charge in [-0.15, -0.1) is 0 Å². The maximum absolute atomic E-state index is 13.0. The Labute approximate surface area is 71.9 Å². The summed E-state index contributed by atoms with van der Waals surface area (Å²) in [6.07, 6.45) is -1.79. The lowest BCUT2D eigenvalue weighted by molar-refractivity contribution is 0.0754. The summed E-state index contributed by atoms with van der Waals surface area (Å²) >= 11 is 0. The van der Waals surface area contributed by atoms with Gasteiger partial charge in [0.1, 0.15) is 12.3 Å². The first-order chi connectivity index (χ1) is 5.75. The highest BCUT2D eigenvalue weighted by atomic mass is 19.1. The van der Waals surface area contributed by atoms with Gasteiger partial charge in [0.05, 0.1) is 0 Å². The monoisotopic (exact) mass is 168 g/mol. The summed E-state index contributed by atoms with van der Waals surface area (Å²) < 4.78 is 13.0. The number of hydrogen-bond donors (Lipinski definition) is 1. The maximum atomic E-state index is 13.0. The van der Waals surface area contributed by atoms with E-state index in [0.717, 1.165) is 0 Å². The van der Waals surface area contributed by atoms with Crippen molar-refractivity contribution in [3.05, 3.63) is 35.9 Å². The second-order valence-corrected chi connectivity index (χ2v) is 2.78. The van der Waals surface area contributed by atoms with Crippen LogP contribution >= 0.6 is 0 Å². The highest BCUT2D eigenvalue weighted by Crippen LogP contribution is 2.20. The molecule has 0 radical (unpaired) electrons. The van der Waals surface area contributed by atoms with Crippen molar-refractivity contribution in [1.29, 1.82) is 0 Å². The lowest BCUT2D eigenvalue weighted by atomic mass is 10.0. The zero-order chi connectivity index (χ0) is 8.97. The van der Waals surface area contributed by atoms with Crippen molar-refractivity contribution >= 4 is 0 Å². The molecule has 2 heteroatoms. The zero-order valence-corrected chi connectivity index (χ0v) is 7.07. The van der Waals surface area contributed by atoms with Crippen LogP contribution in [0.15, 0.2) is 30.3 Å². The van der Waals surface area contributed by atoms with E-state index in [4.69, 9.17) is 0 Å². The van der Waals surface area contributed by atoms with E-state index in [1.54, 1.807) is 31.2 Å². The number of benzene rings is 1. The van der Waals surface area contributed by atoms with Crippen LogP contribution in [0.25, 0.3) is 0 Å².